The van der Waals surface area contributed by atoms with Crippen molar-refractivity contribution in [2.24, 2.45) is 7.05 Å². The number of ether oxygens (including phenoxy) is 2. The number of fused-ring (bicyclic) bond motifs is 1. The smallest absolute Gasteiger partial charge is 0.244 e. The Bertz CT molecular complexity index is 955. The van der Waals surface area contributed by atoms with Crippen LogP contribution < -0.4 is 14.8 Å². The van der Waals surface area contributed by atoms with E-state index in [9.17, 15) is 9.59 Å². The van der Waals surface area contributed by atoms with Crippen LogP contribution in [0.25, 0.3) is 0 Å². The van der Waals surface area contributed by atoms with Gasteiger partial charge < -0.3 is 24.3 Å². The number of thioether (sulfide) groups is 1. The second kappa shape index (κ2) is 7.86. The molecule has 4 rings (SSSR count). The minimum Gasteiger partial charge on any atom is -0.497 e. The lowest BCUT2D eigenvalue weighted by Gasteiger charge is -2.31. The molecule has 0 radical (unpaired) electrons. The van der Waals surface area contributed by atoms with Gasteiger partial charge in [0.15, 0.2) is 0 Å². The Labute approximate surface area is 179 Å². The van der Waals surface area contributed by atoms with Gasteiger partial charge >= 0.3 is 0 Å². The Morgan fingerprint density at radius 2 is 2.00 bits per heavy atom. The monoisotopic (exact) mass is 430 g/mol. The van der Waals surface area contributed by atoms with Gasteiger partial charge in [-0.15, -0.1) is 11.8 Å². The van der Waals surface area contributed by atoms with E-state index in [2.05, 4.69) is 10.3 Å². The van der Waals surface area contributed by atoms with Crippen LogP contribution in [0, 0.1) is 0 Å². The lowest BCUT2D eigenvalue weighted by atomic mass is 10.0. The van der Waals surface area contributed by atoms with Gasteiger partial charge in [0.2, 0.25) is 11.8 Å². The highest BCUT2D eigenvalue weighted by molar-refractivity contribution is 8.01. The van der Waals surface area contributed by atoms with Crippen LogP contribution in [0.5, 0.6) is 11.5 Å². The van der Waals surface area contributed by atoms with Crippen molar-refractivity contribution in [3.05, 3.63) is 42.0 Å². The summed E-state index contributed by atoms with van der Waals surface area (Å²) >= 11 is 1.67. The maximum absolute atomic E-state index is 13.4. The number of aromatic nitrogens is 2. The zero-order chi connectivity index (χ0) is 21.5. The molecule has 0 bridgehead atoms. The van der Waals surface area contributed by atoms with Gasteiger partial charge in [0.1, 0.15) is 29.4 Å². The second-order valence-corrected chi connectivity index (χ2v) is 9.25. The number of aryl methyl sites for hydroxylation is 1. The van der Waals surface area contributed by atoms with E-state index in [1.165, 1.54) is 0 Å². The van der Waals surface area contributed by atoms with Crippen LogP contribution in [0.1, 0.15) is 37.2 Å². The molecule has 1 aromatic carbocycles. The standard InChI is InChI=1S/C21H26N4O4S/c1-21-6-5-17(26)25(21)16(12-30-21)20(27)23-18(19-22-7-8-24(19)2)13-9-14(28-3)11-15(10-13)29-4/h7-11,16,18H,5-6,12H2,1-4H3,(H,23,27). The van der Waals surface area contributed by atoms with Crippen LogP contribution in [0.2, 0.25) is 0 Å². The summed E-state index contributed by atoms with van der Waals surface area (Å²) in [6.07, 6.45) is 4.79. The van der Waals surface area contributed by atoms with Crippen molar-refractivity contribution in [1.82, 2.24) is 19.8 Å². The molecule has 2 amide bonds. The molecule has 2 saturated heterocycles. The highest BCUT2D eigenvalue weighted by atomic mass is 32.2. The number of hydrogen-bond acceptors (Lipinski definition) is 6. The molecule has 3 atom stereocenters. The number of methoxy groups -OCH3 is 2. The number of hydrogen-bond donors (Lipinski definition) is 1. The lowest BCUT2D eigenvalue weighted by Crippen LogP contribution is -2.51. The molecular formula is C21H26N4O4S. The maximum atomic E-state index is 13.4. The molecule has 2 aliphatic rings. The summed E-state index contributed by atoms with van der Waals surface area (Å²) in [5.74, 6) is 2.37. The Balaban J connectivity index is 1.68. The first-order valence-corrected chi connectivity index (χ1v) is 10.8. The third-order valence-corrected chi connectivity index (χ3v) is 7.36. The molecule has 160 valence electrons. The number of imidazole rings is 1. The van der Waals surface area contributed by atoms with Crippen molar-refractivity contribution in [3.63, 3.8) is 0 Å². The minimum atomic E-state index is -0.518. The van der Waals surface area contributed by atoms with E-state index in [1.807, 2.05) is 36.9 Å². The van der Waals surface area contributed by atoms with Gasteiger partial charge in [-0.25, -0.2) is 4.98 Å². The molecule has 0 aliphatic carbocycles. The largest absolute Gasteiger partial charge is 0.497 e. The third-order valence-electron chi connectivity index (χ3n) is 5.86. The summed E-state index contributed by atoms with van der Waals surface area (Å²) < 4.78 is 12.7. The fourth-order valence-corrected chi connectivity index (χ4v) is 5.63. The van der Waals surface area contributed by atoms with Crippen LogP contribution in [-0.4, -0.2) is 57.2 Å². The molecule has 9 heteroatoms. The zero-order valence-electron chi connectivity index (χ0n) is 17.5. The Kier molecular flexibility index (Phi) is 5.40. The molecular weight excluding hydrogens is 404 g/mol. The van der Waals surface area contributed by atoms with Crippen molar-refractivity contribution in [3.8, 4) is 11.5 Å². The van der Waals surface area contributed by atoms with Gasteiger partial charge in [0.05, 0.1) is 19.1 Å². The Hall–Kier alpha value is -2.68. The SMILES string of the molecule is COc1cc(OC)cc(C(NC(=O)C2CSC3(C)CCC(=O)N23)c2nccn2C)c1. The van der Waals surface area contributed by atoms with Crippen LogP contribution in [0.4, 0.5) is 0 Å². The topological polar surface area (TPSA) is 85.7 Å². The minimum absolute atomic E-state index is 0.0410. The fourth-order valence-electron chi connectivity index (χ4n) is 4.20. The first kappa shape index (κ1) is 20.6. The van der Waals surface area contributed by atoms with Crippen molar-refractivity contribution in [1.29, 1.82) is 0 Å². The van der Waals surface area contributed by atoms with E-state index in [-0.39, 0.29) is 16.7 Å². The van der Waals surface area contributed by atoms with E-state index >= 15 is 0 Å². The van der Waals surface area contributed by atoms with E-state index in [4.69, 9.17) is 9.47 Å². The summed E-state index contributed by atoms with van der Waals surface area (Å²) in [4.78, 5) is 31.7. The molecule has 30 heavy (non-hydrogen) atoms. The van der Waals surface area contributed by atoms with Crippen molar-refractivity contribution in [2.75, 3.05) is 20.0 Å². The number of carbonyl (C=O) groups is 2. The van der Waals surface area contributed by atoms with Crippen LogP contribution >= 0.6 is 11.8 Å². The summed E-state index contributed by atoms with van der Waals surface area (Å²) in [5, 5.41) is 3.13. The zero-order valence-corrected chi connectivity index (χ0v) is 18.4. The maximum Gasteiger partial charge on any atom is 0.244 e. The third kappa shape index (κ3) is 3.51. The molecule has 3 heterocycles. The molecule has 8 nitrogen and oxygen atoms in total. The molecule has 1 N–H and O–H groups in total. The number of benzene rings is 1. The van der Waals surface area contributed by atoms with E-state index < -0.39 is 12.1 Å². The van der Waals surface area contributed by atoms with E-state index in [1.54, 1.807) is 43.1 Å². The summed E-state index contributed by atoms with van der Waals surface area (Å²) in [7, 11) is 5.05. The number of nitrogens with zero attached hydrogens (tertiary/aromatic N) is 3. The van der Waals surface area contributed by atoms with Crippen LogP contribution in [0.15, 0.2) is 30.6 Å². The molecule has 2 aromatic rings. The molecule has 0 spiro atoms. The summed E-state index contributed by atoms with van der Waals surface area (Å²) in [6, 6.07) is 4.48. The van der Waals surface area contributed by atoms with Crippen molar-refractivity contribution in [2.45, 2.75) is 36.7 Å². The summed E-state index contributed by atoms with van der Waals surface area (Å²) in [5.41, 5.74) is 0.787. The molecule has 0 saturated carbocycles. The van der Waals surface area contributed by atoms with Gasteiger partial charge in [-0.2, -0.15) is 0 Å². The molecule has 2 aliphatic heterocycles. The van der Waals surface area contributed by atoms with Crippen LogP contribution in [-0.2, 0) is 16.6 Å². The van der Waals surface area contributed by atoms with Gasteiger partial charge in [-0.05, 0) is 31.0 Å². The molecule has 2 fully saturated rings. The van der Waals surface area contributed by atoms with Crippen molar-refractivity contribution < 1.29 is 19.1 Å². The average Bonchev–Trinajstić information content (AvgIpc) is 3.40. The van der Waals surface area contributed by atoms with Crippen molar-refractivity contribution >= 4 is 23.6 Å². The van der Waals surface area contributed by atoms with E-state index in [0.29, 0.717) is 29.5 Å². The normalized spacial score (nSPS) is 23.9. The van der Waals surface area contributed by atoms with Crippen LogP contribution in [0.3, 0.4) is 0 Å². The Morgan fingerprint density at radius 3 is 2.60 bits per heavy atom. The summed E-state index contributed by atoms with van der Waals surface area (Å²) in [6.45, 7) is 2.04. The lowest BCUT2D eigenvalue weighted by molar-refractivity contribution is -0.138. The number of carbonyl (C=O) groups excluding carboxylic acids is 2. The second-order valence-electron chi connectivity index (χ2n) is 7.75. The highest BCUT2D eigenvalue weighted by Gasteiger charge is 2.53. The predicted octanol–water partition coefficient (Wildman–Crippen LogP) is 2.10. The highest BCUT2D eigenvalue weighted by Crippen LogP contribution is 2.47. The van der Waals surface area contributed by atoms with Gasteiger partial charge in [0.25, 0.3) is 0 Å². The molecule has 1 aromatic heterocycles. The fraction of sp³-hybridized carbons (Fsp3) is 0.476. The van der Waals surface area contributed by atoms with E-state index in [0.717, 1.165) is 12.0 Å². The predicted molar refractivity (Wildman–Crippen MR) is 113 cm³/mol. The average molecular weight is 431 g/mol. The molecule has 3 unspecified atom stereocenters. The first-order chi connectivity index (χ1) is 14.4. The van der Waals surface area contributed by atoms with Gasteiger partial charge in [-0.3, -0.25) is 9.59 Å². The number of rotatable bonds is 6. The Morgan fingerprint density at radius 1 is 1.30 bits per heavy atom. The number of nitrogens with one attached hydrogen (secondary N) is 1. The first-order valence-electron chi connectivity index (χ1n) is 9.83. The quantitative estimate of drug-likeness (QED) is 0.755. The number of amides is 2. The van der Waals surface area contributed by atoms with Gasteiger partial charge in [-0.1, -0.05) is 0 Å². The van der Waals surface area contributed by atoms with Gasteiger partial charge in [0, 0.05) is 37.7 Å².